The molecule has 0 heterocycles. The van der Waals surface area contributed by atoms with Gasteiger partial charge in [-0.05, 0) is 74.8 Å². The monoisotopic (exact) mass is 481 g/mol. The molecule has 0 fully saturated rings. The molecule has 0 aromatic carbocycles. The predicted octanol–water partition coefficient (Wildman–Crippen LogP) is 6.00. The van der Waals surface area contributed by atoms with Gasteiger partial charge in [0.1, 0.15) is 5.67 Å². The summed E-state index contributed by atoms with van der Waals surface area (Å²) in [6.07, 6.45) is 10.4. The molecule has 0 saturated carbocycles. The number of guanidine groups is 1. The Morgan fingerprint density at radius 2 is 1.88 bits per heavy atom. The zero-order valence-corrected chi connectivity index (χ0v) is 20.8. The van der Waals surface area contributed by atoms with E-state index in [2.05, 4.69) is 40.4 Å². The first-order valence-corrected chi connectivity index (χ1v) is 10.7. The summed E-state index contributed by atoms with van der Waals surface area (Å²) in [4.78, 5) is 8.45. The van der Waals surface area contributed by atoms with Crippen LogP contribution in [0.2, 0.25) is 0 Å². The van der Waals surface area contributed by atoms with Crippen molar-refractivity contribution in [3.05, 3.63) is 82.8 Å². The minimum atomic E-state index is -1.43. The standard InChI is InChI=1S/C24H34Cl2FN5/c1-8-30-19(4)20(13-21(25)14-28)10-9-17(2)15-31-23(29-7)32-16-18(3)22(26)11-12-24(5,6)27/h8,11-15,30H,1-2,4,9-10,16,28H2,3,5-7H3,(H,29,32)/b12-11-,20-13-,21-14+,22-18-,31-15?. The van der Waals surface area contributed by atoms with E-state index in [0.29, 0.717) is 41.1 Å². The lowest BCUT2D eigenvalue weighted by Gasteiger charge is -2.11. The van der Waals surface area contributed by atoms with Gasteiger partial charge in [-0.25, -0.2) is 9.38 Å². The molecule has 0 amide bonds. The van der Waals surface area contributed by atoms with Crippen molar-refractivity contribution in [1.29, 1.82) is 0 Å². The van der Waals surface area contributed by atoms with E-state index in [1.54, 1.807) is 31.6 Å². The molecule has 0 aromatic heterocycles. The molecule has 0 spiro atoms. The predicted molar refractivity (Wildman–Crippen MR) is 140 cm³/mol. The first-order chi connectivity index (χ1) is 14.9. The van der Waals surface area contributed by atoms with E-state index < -0.39 is 5.67 Å². The number of nitrogens with one attached hydrogen (secondary N) is 2. The van der Waals surface area contributed by atoms with Gasteiger partial charge in [-0.15, -0.1) is 0 Å². The van der Waals surface area contributed by atoms with Crippen LogP contribution in [-0.2, 0) is 0 Å². The van der Waals surface area contributed by atoms with Crippen LogP contribution in [-0.4, -0.2) is 31.4 Å². The van der Waals surface area contributed by atoms with Crippen molar-refractivity contribution in [3.63, 3.8) is 0 Å². The fourth-order valence-electron chi connectivity index (χ4n) is 2.14. The summed E-state index contributed by atoms with van der Waals surface area (Å²) in [6, 6.07) is 0. The van der Waals surface area contributed by atoms with Gasteiger partial charge in [-0.3, -0.25) is 4.99 Å². The molecule has 0 aliphatic heterocycles. The highest BCUT2D eigenvalue weighted by atomic mass is 35.5. The van der Waals surface area contributed by atoms with Gasteiger partial charge >= 0.3 is 0 Å². The molecule has 0 aliphatic rings. The van der Waals surface area contributed by atoms with Crippen LogP contribution in [0.4, 0.5) is 4.39 Å². The maximum atomic E-state index is 13.6. The minimum Gasteiger partial charge on any atom is -0.403 e. The summed E-state index contributed by atoms with van der Waals surface area (Å²) in [5.41, 5.74) is 7.18. The van der Waals surface area contributed by atoms with Gasteiger partial charge in [0.25, 0.3) is 0 Å². The number of nitrogens with zero attached hydrogens (tertiary/aromatic N) is 2. The number of hydrogen-bond acceptors (Lipinski definition) is 3. The average molecular weight is 482 g/mol. The molecule has 0 saturated heterocycles. The molecule has 0 bridgehead atoms. The smallest absolute Gasteiger partial charge is 0.217 e. The summed E-state index contributed by atoms with van der Waals surface area (Å²) in [5, 5.41) is 6.91. The van der Waals surface area contributed by atoms with Gasteiger partial charge in [0.15, 0.2) is 0 Å². The Morgan fingerprint density at radius 1 is 1.22 bits per heavy atom. The summed E-state index contributed by atoms with van der Waals surface area (Å²) in [6.45, 7) is 16.8. The second-order valence-electron chi connectivity index (χ2n) is 7.39. The lowest BCUT2D eigenvalue weighted by molar-refractivity contribution is 0.287. The van der Waals surface area contributed by atoms with E-state index in [0.717, 1.165) is 16.7 Å². The van der Waals surface area contributed by atoms with Gasteiger partial charge in [0.2, 0.25) is 5.96 Å². The SMILES string of the molecule is C=CNC(=C)/C(=C\C(Cl)=C/N)CCC(=C)C=NC(=NC)NC/C(C)=C(Cl)/C=C\C(C)(C)F. The zero-order chi connectivity index (χ0) is 24.7. The van der Waals surface area contributed by atoms with Gasteiger partial charge < -0.3 is 16.4 Å². The largest absolute Gasteiger partial charge is 0.403 e. The topological polar surface area (TPSA) is 74.8 Å². The molecule has 0 unspecified atom stereocenters. The first kappa shape index (κ1) is 29.4. The molecule has 0 radical (unpaired) electrons. The van der Waals surface area contributed by atoms with Crippen molar-refractivity contribution in [2.45, 2.75) is 39.3 Å². The number of rotatable bonds is 12. The molecule has 0 rings (SSSR count). The highest BCUT2D eigenvalue weighted by Crippen LogP contribution is 2.19. The summed E-state index contributed by atoms with van der Waals surface area (Å²) in [7, 11) is 1.63. The fourth-order valence-corrected chi connectivity index (χ4v) is 2.41. The zero-order valence-electron chi connectivity index (χ0n) is 19.3. The van der Waals surface area contributed by atoms with Gasteiger partial charge in [-0.2, -0.15) is 0 Å². The average Bonchev–Trinajstić information content (AvgIpc) is 2.73. The van der Waals surface area contributed by atoms with Crippen molar-refractivity contribution in [3.8, 4) is 0 Å². The number of alkyl halides is 1. The Balaban J connectivity index is 4.99. The Labute approximate surface area is 201 Å². The normalized spacial score (nSPS) is 14.5. The molecule has 0 atom stereocenters. The molecule has 4 N–H and O–H groups in total. The molecule has 8 heteroatoms. The summed E-state index contributed by atoms with van der Waals surface area (Å²) >= 11 is 12.2. The quantitative estimate of drug-likeness (QED) is 0.182. The molecule has 0 aromatic rings. The summed E-state index contributed by atoms with van der Waals surface area (Å²) in [5.74, 6) is 0.423. The first-order valence-electron chi connectivity index (χ1n) is 9.94. The number of aliphatic imine (C=N–C) groups is 2. The molecule has 5 nitrogen and oxygen atoms in total. The number of hydrogen-bond donors (Lipinski definition) is 3. The number of nitrogens with two attached hydrogens (primary N) is 1. The van der Waals surface area contributed by atoms with Crippen LogP contribution < -0.4 is 16.4 Å². The second-order valence-corrected chi connectivity index (χ2v) is 8.24. The minimum absolute atomic E-state index is 0.405. The molecular formula is C24H34Cl2FN5. The van der Waals surface area contributed by atoms with Crippen molar-refractivity contribution >= 4 is 35.4 Å². The van der Waals surface area contributed by atoms with Crippen LogP contribution in [0, 0.1) is 0 Å². The van der Waals surface area contributed by atoms with Gasteiger partial charge in [0.05, 0.1) is 5.03 Å². The maximum absolute atomic E-state index is 13.6. The van der Waals surface area contributed by atoms with Crippen molar-refractivity contribution < 1.29 is 4.39 Å². The fraction of sp³-hybridized carbons (Fsp3) is 0.333. The Hall–Kier alpha value is -2.57. The molecular weight excluding hydrogens is 448 g/mol. The lowest BCUT2D eigenvalue weighted by Crippen LogP contribution is -2.24. The van der Waals surface area contributed by atoms with E-state index in [1.807, 2.05) is 6.92 Å². The molecule has 176 valence electrons. The van der Waals surface area contributed by atoms with Crippen LogP contribution in [0.5, 0.6) is 0 Å². The van der Waals surface area contributed by atoms with Crippen molar-refractivity contribution in [1.82, 2.24) is 10.6 Å². The lowest BCUT2D eigenvalue weighted by atomic mass is 10.0. The van der Waals surface area contributed by atoms with E-state index in [-0.39, 0.29) is 0 Å². The Bertz CT molecular complexity index is 856. The third-order valence-corrected chi connectivity index (χ3v) is 4.66. The van der Waals surface area contributed by atoms with Crippen LogP contribution in [0.25, 0.3) is 0 Å². The van der Waals surface area contributed by atoms with E-state index in [4.69, 9.17) is 28.9 Å². The number of allylic oxidation sites excluding steroid dienone is 7. The highest BCUT2D eigenvalue weighted by Gasteiger charge is 2.10. The van der Waals surface area contributed by atoms with Crippen LogP contribution in [0.3, 0.4) is 0 Å². The molecule has 32 heavy (non-hydrogen) atoms. The van der Waals surface area contributed by atoms with Crippen LogP contribution in [0.15, 0.2) is 92.8 Å². The van der Waals surface area contributed by atoms with Crippen molar-refractivity contribution in [2.75, 3.05) is 13.6 Å². The number of halogens is 3. The van der Waals surface area contributed by atoms with Crippen molar-refractivity contribution in [2.24, 2.45) is 15.7 Å². The van der Waals surface area contributed by atoms with E-state index >= 15 is 0 Å². The van der Waals surface area contributed by atoms with E-state index in [1.165, 1.54) is 26.1 Å². The highest BCUT2D eigenvalue weighted by molar-refractivity contribution is 6.31. The third kappa shape index (κ3) is 13.7. The maximum Gasteiger partial charge on any atom is 0.217 e. The van der Waals surface area contributed by atoms with Crippen LogP contribution in [0.1, 0.15) is 33.6 Å². The van der Waals surface area contributed by atoms with Gasteiger partial charge in [-0.1, -0.05) is 42.9 Å². The second kappa shape index (κ2) is 15.3. The molecule has 0 aliphatic carbocycles. The van der Waals surface area contributed by atoms with Gasteiger partial charge in [0, 0.05) is 36.7 Å². The Morgan fingerprint density at radius 3 is 2.41 bits per heavy atom. The Kier molecular flexibility index (Phi) is 14.0. The van der Waals surface area contributed by atoms with E-state index in [9.17, 15) is 4.39 Å². The van der Waals surface area contributed by atoms with Crippen LogP contribution >= 0.6 is 23.2 Å². The third-order valence-electron chi connectivity index (χ3n) is 3.98. The summed E-state index contributed by atoms with van der Waals surface area (Å²) < 4.78 is 13.6.